The number of aryl methyl sites for hydroxylation is 1. The molecule has 1 heterocycles. The summed E-state index contributed by atoms with van der Waals surface area (Å²) in [6, 6.07) is 12.2. The van der Waals surface area contributed by atoms with Crippen LogP contribution in [-0.2, 0) is 9.59 Å². The molecule has 0 spiro atoms. The predicted molar refractivity (Wildman–Crippen MR) is 90.6 cm³/mol. The van der Waals surface area contributed by atoms with Crippen LogP contribution in [0, 0.1) is 6.92 Å². The van der Waals surface area contributed by atoms with Crippen molar-refractivity contribution in [3.8, 4) is 17.2 Å². The average molecular weight is 341 g/mol. The molecule has 0 bridgehead atoms. The summed E-state index contributed by atoms with van der Waals surface area (Å²) in [5.41, 5.74) is 1.96. The topological polar surface area (TPSA) is 73.9 Å². The highest BCUT2D eigenvalue weighted by Crippen LogP contribution is 2.35. The Morgan fingerprint density at radius 2 is 1.84 bits per heavy atom. The lowest BCUT2D eigenvalue weighted by molar-refractivity contribution is -0.135. The van der Waals surface area contributed by atoms with E-state index in [1.807, 2.05) is 31.2 Å². The van der Waals surface area contributed by atoms with Crippen molar-refractivity contribution in [3.05, 3.63) is 53.6 Å². The highest BCUT2D eigenvalue weighted by molar-refractivity contribution is 5.77. The van der Waals surface area contributed by atoms with E-state index in [0.717, 1.165) is 11.1 Å². The van der Waals surface area contributed by atoms with Crippen molar-refractivity contribution in [1.82, 2.24) is 5.32 Å². The van der Waals surface area contributed by atoms with Crippen molar-refractivity contribution in [2.75, 3.05) is 6.79 Å². The fourth-order valence-corrected chi connectivity index (χ4v) is 2.58. The molecule has 1 unspecified atom stereocenters. The maximum absolute atomic E-state index is 12.3. The van der Waals surface area contributed by atoms with E-state index < -0.39 is 12.0 Å². The number of hydrogen-bond donors (Lipinski definition) is 1. The molecule has 0 fully saturated rings. The van der Waals surface area contributed by atoms with Crippen molar-refractivity contribution in [1.29, 1.82) is 0 Å². The molecule has 0 saturated heterocycles. The molecular formula is C19H19NO5. The van der Waals surface area contributed by atoms with Gasteiger partial charge in [-0.1, -0.05) is 29.8 Å². The van der Waals surface area contributed by atoms with E-state index in [9.17, 15) is 9.59 Å². The molecule has 1 N–H and O–H groups in total. The van der Waals surface area contributed by atoms with Gasteiger partial charge in [0.1, 0.15) is 5.75 Å². The van der Waals surface area contributed by atoms with Gasteiger partial charge in [-0.3, -0.25) is 9.59 Å². The van der Waals surface area contributed by atoms with Gasteiger partial charge in [0.2, 0.25) is 12.7 Å². The molecule has 2 aromatic rings. The highest BCUT2D eigenvalue weighted by atomic mass is 16.7. The van der Waals surface area contributed by atoms with E-state index in [4.69, 9.17) is 14.2 Å². The van der Waals surface area contributed by atoms with E-state index in [1.165, 1.54) is 6.92 Å². The van der Waals surface area contributed by atoms with Crippen LogP contribution in [0.4, 0.5) is 0 Å². The number of carbonyl (C=O) groups excluding carboxylic acids is 2. The Morgan fingerprint density at radius 3 is 2.56 bits per heavy atom. The highest BCUT2D eigenvalue weighted by Gasteiger charge is 2.20. The van der Waals surface area contributed by atoms with Gasteiger partial charge in [-0.05, 0) is 24.6 Å². The molecule has 1 aliphatic heterocycles. The number of benzene rings is 2. The molecule has 130 valence electrons. The first-order valence-electron chi connectivity index (χ1n) is 7.95. The molecule has 0 saturated carbocycles. The Bertz CT molecular complexity index is 785. The number of nitrogens with one attached hydrogen (secondary N) is 1. The van der Waals surface area contributed by atoms with Crippen LogP contribution >= 0.6 is 0 Å². The molecule has 1 atom stereocenters. The number of rotatable bonds is 5. The van der Waals surface area contributed by atoms with E-state index in [-0.39, 0.29) is 19.1 Å². The van der Waals surface area contributed by atoms with Crippen LogP contribution in [0.15, 0.2) is 42.5 Å². The standard InChI is InChI=1S/C19H19NO5/c1-12-3-5-14(6-4-12)16(20-13(2)21)10-19(22)25-15-7-8-17-18(9-15)24-11-23-17/h3-9,16H,10-11H2,1-2H3,(H,20,21). The normalized spacial score (nSPS) is 13.2. The predicted octanol–water partition coefficient (Wildman–Crippen LogP) is 2.90. The van der Waals surface area contributed by atoms with Crippen molar-refractivity contribution in [3.63, 3.8) is 0 Å². The van der Waals surface area contributed by atoms with Crippen molar-refractivity contribution < 1.29 is 23.8 Å². The molecule has 1 amide bonds. The minimum absolute atomic E-state index is 0.0249. The summed E-state index contributed by atoms with van der Waals surface area (Å²) in [7, 11) is 0. The monoisotopic (exact) mass is 341 g/mol. The molecule has 6 nitrogen and oxygen atoms in total. The Balaban J connectivity index is 1.69. The number of fused-ring (bicyclic) bond motifs is 1. The van der Waals surface area contributed by atoms with Gasteiger partial charge in [0, 0.05) is 13.0 Å². The Morgan fingerprint density at radius 1 is 1.12 bits per heavy atom. The SMILES string of the molecule is CC(=O)NC(CC(=O)Oc1ccc2c(c1)OCO2)c1ccc(C)cc1. The lowest BCUT2D eigenvalue weighted by atomic mass is 10.0. The van der Waals surface area contributed by atoms with Gasteiger partial charge in [0.15, 0.2) is 11.5 Å². The van der Waals surface area contributed by atoms with Gasteiger partial charge in [-0.15, -0.1) is 0 Å². The van der Waals surface area contributed by atoms with Gasteiger partial charge in [0.05, 0.1) is 12.5 Å². The number of hydrogen-bond acceptors (Lipinski definition) is 5. The van der Waals surface area contributed by atoms with Crippen LogP contribution in [0.3, 0.4) is 0 Å². The second-order valence-corrected chi connectivity index (χ2v) is 5.86. The molecule has 1 aliphatic rings. The lowest BCUT2D eigenvalue weighted by Gasteiger charge is -2.18. The van der Waals surface area contributed by atoms with Crippen LogP contribution in [0.2, 0.25) is 0 Å². The maximum atomic E-state index is 12.3. The number of amides is 1. The molecule has 3 rings (SSSR count). The van der Waals surface area contributed by atoms with E-state index in [0.29, 0.717) is 17.2 Å². The van der Waals surface area contributed by atoms with Crippen LogP contribution in [0.5, 0.6) is 17.2 Å². The summed E-state index contributed by atoms with van der Waals surface area (Å²) >= 11 is 0. The van der Waals surface area contributed by atoms with Gasteiger partial charge >= 0.3 is 5.97 Å². The molecule has 0 aromatic heterocycles. The summed E-state index contributed by atoms with van der Waals surface area (Å²) in [5, 5.41) is 2.79. The van der Waals surface area contributed by atoms with Gasteiger partial charge in [-0.25, -0.2) is 0 Å². The smallest absolute Gasteiger partial charge is 0.313 e. The number of esters is 1. The van der Waals surface area contributed by atoms with Gasteiger partial charge in [0.25, 0.3) is 0 Å². The summed E-state index contributed by atoms with van der Waals surface area (Å²) < 4.78 is 15.9. The lowest BCUT2D eigenvalue weighted by Crippen LogP contribution is -2.29. The van der Waals surface area contributed by atoms with E-state index in [2.05, 4.69) is 5.32 Å². The van der Waals surface area contributed by atoms with Crippen molar-refractivity contribution in [2.45, 2.75) is 26.3 Å². The van der Waals surface area contributed by atoms with Gasteiger partial charge in [-0.2, -0.15) is 0 Å². The minimum Gasteiger partial charge on any atom is -0.454 e. The first-order valence-corrected chi connectivity index (χ1v) is 7.95. The van der Waals surface area contributed by atoms with E-state index >= 15 is 0 Å². The molecule has 2 aromatic carbocycles. The summed E-state index contributed by atoms with van der Waals surface area (Å²) in [6.45, 7) is 3.56. The zero-order valence-electron chi connectivity index (χ0n) is 14.1. The van der Waals surface area contributed by atoms with Crippen LogP contribution in [0.1, 0.15) is 30.5 Å². The second-order valence-electron chi connectivity index (χ2n) is 5.86. The number of carbonyl (C=O) groups is 2. The number of ether oxygens (including phenoxy) is 3. The summed E-state index contributed by atoms with van der Waals surface area (Å²) in [6.07, 6.45) is 0.0249. The fourth-order valence-electron chi connectivity index (χ4n) is 2.58. The van der Waals surface area contributed by atoms with Crippen LogP contribution in [0.25, 0.3) is 0 Å². The first kappa shape index (κ1) is 16.8. The fraction of sp³-hybridized carbons (Fsp3) is 0.263. The molecule has 25 heavy (non-hydrogen) atoms. The third-order valence-corrected chi connectivity index (χ3v) is 3.80. The van der Waals surface area contributed by atoms with Gasteiger partial charge < -0.3 is 19.5 Å². The van der Waals surface area contributed by atoms with Crippen molar-refractivity contribution >= 4 is 11.9 Å². The average Bonchev–Trinajstić information content (AvgIpc) is 3.02. The van der Waals surface area contributed by atoms with E-state index in [1.54, 1.807) is 18.2 Å². The molecule has 0 radical (unpaired) electrons. The maximum Gasteiger partial charge on any atom is 0.313 e. The summed E-state index contributed by atoms with van der Waals surface area (Å²) in [4.78, 5) is 23.8. The third-order valence-electron chi connectivity index (χ3n) is 3.80. The van der Waals surface area contributed by atoms with Crippen LogP contribution < -0.4 is 19.5 Å². The molecular weight excluding hydrogens is 322 g/mol. The Kier molecular flexibility index (Phi) is 4.88. The third kappa shape index (κ3) is 4.29. The zero-order valence-corrected chi connectivity index (χ0v) is 14.1. The Hall–Kier alpha value is -3.02. The molecule has 0 aliphatic carbocycles. The second kappa shape index (κ2) is 7.25. The minimum atomic E-state index is -0.446. The largest absolute Gasteiger partial charge is 0.454 e. The quantitative estimate of drug-likeness (QED) is 0.669. The molecule has 6 heteroatoms. The first-order chi connectivity index (χ1) is 12.0. The summed E-state index contributed by atoms with van der Waals surface area (Å²) in [5.74, 6) is 0.886. The zero-order chi connectivity index (χ0) is 17.8. The Labute approximate surface area is 145 Å². The van der Waals surface area contributed by atoms with Crippen molar-refractivity contribution in [2.24, 2.45) is 0 Å². The van der Waals surface area contributed by atoms with Crippen LogP contribution in [-0.4, -0.2) is 18.7 Å².